The Balaban J connectivity index is 1.38. The molecule has 2 N–H and O–H groups in total. The molecule has 1 aromatic carbocycles. The lowest BCUT2D eigenvalue weighted by atomic mass is 9.95. The highest BCUT2D eigenvalue weighted by Gasteiger charge is 2.28. The Hall–Kier alpha value is -2.49. The number of ether oxygens (including phenoxy) is 1. The van der Waals surface area contributed by atoms with Crippen LogP contribution >= 0.6 is 0 Å². The maximum atomic E-state index is 12.4. The minimum absolute atomic E-state index is 0.0498. The molecule has 2 saturated carbocycles. The van der Waals surface area contributed by atoms with Crippen molar-refractivity contribution in [1.29, 1.82) is 0 Å². The number of fused-ring (bicyclic) bond motifs is 1. The molecule has 0 unspecified atom stereocenters. The molecule has 0 radical (unpaired) electrons. The van der Waals surface area contributed by atoms with E-state index in [1.807, 2.05) is 6.07 Å². The Morgan fingerprint density at radius 2 is 1.73 bits per heavy atom. The number of benzene rings is 1. The van der Waals surface area contributed by atoms with Crippen LogP contribution < -0.4 is 9.46 Å². The van der Waals surface area contributed by atoms with E-state index in [2.05, 4.69) is 14.8 Å². The van der Waals surface area contributed by atoms with E-state index >= 15 is 0 Å². The van der Waals surface area contributed by atoms with E-state index in [0.717, 1.165) is 49.8 Å². The number of aliphatic hydroxyl groups is 1. The maximum Gasteiger partial charge on any atom is 0.240 e. The molecule has 30 heavy (non-hydrogen) atoms. The normalized spacial score (nSPS) is 22.3. The van der Waals surface area contributed by atoms with Crippen LogP contribution in [0.15, 0.2) is 47.5 Å². The van der Waals surface area contributed by atoms with Crippen LogP contribution in [0.2, 0.25) is 0 Å². The van der Waals surface area contributed by atoms with Crippen molar-refractivity contribution in [1.82, 2.24) is 19.3 Å². The third-order valence-corrected chi connectivity index (χ3v) is 7.16. The van der Waals surface area contributed by atoms with Gasteiger partial charge < -0.3 is 9.84 Å². The maximum absolute atomic E-state index is 12.4. The van der Waals surface area contributed by atoms with Gasteiger partial charge in [-0.1, -0.05) is 12.1 Å². The van der Waals surface area contributed by atoms with E-state index in [0.29, 0.717) is 11.5 Å². The smallest absolute Gasteiger partial charge is 0.240 e. The third kappa shape index (κ3) is 4.05. The van der Waals surface area contributed by atoms with Crippen molar-refractivity contribution in [3.05, 3.63) is 42.6 Å². The lowest BCUT2D eigenvalue weighted by Gasteiger charge is -2.25. The standard InChI is InChI=1S/C21H24N4O4S/c26-16-5-7-17(8-6-16)29-21-12-11-20-22-13-19(25(20)23-21)14-1-9-18(10-2-14)30(27,28)24-15-3-4-15/h1-2,9-13,15-17,24,26H,3-8H2/t16-,17-. The van der Waals surface area contributed by atoms with E-state index in [-0.39, 0.29) is 23.1 Å². The molecule has 2 aliphatic rings. The molecule has 158 valence electrons. The molecule has 0 aliphatic heterocycles. The van der Waals surface area contributed by atoms with Gasteiger partial charge in [0.05, 0.1) is 22.9 Å². The molecule has 0 bridgehead atoms. The summed E-state index contributed by atoms with van der Waals surface area (Å²) in [5.74, 6) is 0.510. The first-order chi connectivity index (χ1) is 14.5. The molecule has 2 aromatic heterocycles. The van der Waals surface area contributed by atoms with Crippen LogP contribution in [0.5, 0.6) is 5.88 Å². The molecule has 0 atom stereocenters. The first-order valence-electron chi connectivity index (χ1n) is 10.3. The highest BCUT2D eigenvalue weighted by molar-refractivity contribution is 7.89. The first kappa shape index (κ1) is 19.5. The summed E-state index contributed by atoms with van der Waals surface area (Å²) in [6, 6.07) is 10.5. The summed E-state index contributed by atoms with van der Waals surface area (Å²) in [6.45, 7) is 0. The van der Waals surface area contributed by atoms with Crippen LogP contribution in [0, 0.1) is 0 Å². The van der Waals surface area contributed by atoms with Crippen molar-refractivity contribution in [3.63, 3.8) is 0 Å². The van der Waals surface area contributed by atoms with Crippen LogP contribution in [-0.2, 0) is 10.0 Å². The number of sulfonamides is 1. The molecule has 2 aliphatic carbocycles. The summed E-state index contributed by atoms with van der Waals surface area (Å²) >= 11 is 0. The average Bonchev–Trinajstić information content (AvgIpc) is 3.44. The zero-order valence-corrected chi connectivity index (χ0v) is 17.3. The largest absolute Gasteiger partial charge is 0.473 e. The SMILES string of the molecule is O=S(=O)(NC1CC1)c1ccc(-c2cnc3ccc(O[C@H]4CC[C@H](O)CC4)nn23)cc1. The minimum Gasteiger partial charge on any atom is -0.473 e. The Morgan fingerprint density at radius 3 is 2.43 bits per heavy atom. The van der Waals surface area contributed by atoms with Gasteiger partial charge in [0.1, 0.15) is 6.10 Å². The lowest BCUT2D eigenvalue weighted by molar-refractivity contribution is 0.0637. The molecule has 0 amide bonds. The molecule has 8 nitrogen and oxygen atoms in total. The van der Waals surface area contributed by atoms with Gasteiger partial charge in [0, 0.05) is 17.7 Å². The number of nitrogens with zero attached hydrogens (tertiary/aromatic N) is 3. The van der Waals surface area contributed by atoms with Crippen molar-refractivity contribution in [2.24, 2.45) is 0 Å². The second kappa shape index (κ2) is 7.64. The number of rotatable bonds is 6. The number of aromatic nitrogens is 3. The van der Waals surface area contributed by atoms with Crippen LogP contribution in [-0.4, -0.2) is 46.4 Å². The fourth-order valence-corrected chi connectivity index (χ4v) is 5.05. The van der Waals surface area contributed by atoms with Crippen LogP contribution in [0.1, 0.15) is 38.5 Å². The Bertz CT molecular complexity index is 1150. The van der Waals surface area contributed by atoms with E-state index in [1.165, 1.54) is 0 Å². The van der Waals surface area contributed by atoms with Crippen molar-refractivity contribution < 1.29 is 18.3 Å². The lowest BCUT2D eigenvalue weighted by Crippen LogP contribution is -2.26. The van der Waals surface area contributed by atoms with Crippen LogP contribution in [0.25, 0.3) is 16.9 Å². The predicted octanol–water partition coefficient (Wildman–Crippen LogP) is 2.52. The van der Waals surface area contributed by atoms with Gasteiger partial charge >= 0.3 is 0 Å². The zero-order chi connectivity index (χ0) is 20.7. The molecule has 9 heteroatoms. The van der Waals surface area contributed by atoms with Gasteiger partial charge in [-0.05, 0) is 56.7 Å². The fraction of sp³-hybridized carbons (Fsp3) is 0.429. The molecule has 0 spiro atoms. The van der Waals surface area contributed by atoms with Crippen molar-refractivity contribution in [2.75, 3.05) is 0 Å². The monoisotopic (exact) mass is 428 g/mol. The Labute approximate surface area is 175 Å². The number of hydrogen-bond acceptors (Lipinski definition) is 6. The van der Waals surface area contributed by atoms with Gasteiger partial charge in [-0.25, -0.2) is 22.6 Å². The van der Waals surface area contributed by atoms with Crippen molar-refractivity contribution in [2.45, 2.75) is 61.7 Å². The van der Waals surface area contributed by atoms with Gasteiger partial charge in [-0.15, -0.1) is 5.10 Å². The number of nitrogens with one attached hydrogen (secondary N) is 1. The molecule has 0 saturated heterocycles. The van der Waals surface area contributed by atoms with E-state index in [4.69, 9.17) is 4.74 Å². The summed E-state index contributed by atoms with van der Waals surface area (Å²) < 4.78 is 35.2. The van der Waals surface area contributed by atoms with E-state index < -0.39 is 10.0 Å². The average molecular weight is 429 g/mol. The summed E-state index contributed by atoms with van der Waals surface area (Å²) in [5.41, 5.74) is 2.26. The van der Waals surface area contributed by atoms with Gasteiger partial charge in [0.2, 0.25) is 15.9 Å². The summed E-state index contributed by atoms with van der Waals surface area (Å²) in [4.78, 5) is 4.65. The fourth-order valence-electron chi connectivity index (χ4n) is 3.74. The third-order valence-electron chi connectivity index (χ3n) is 5.63. The second-order valence-electron chi connectivity index (χ2n) is 8.05. The van der Waals surface area contributed by atoms with Gasteiger partial charge in [0.15, 0.2) is 5.65 Å². The van der Waals surface area contributed by atoms with Gasteiger partial charge in [-0.3, -0.25) is 0 Å². The van der Waals surface area contributed by atoms with Gasteiger partial charge in [-0.2, -0.15) is 0 Å². The highest BCUT2D eigenvalue weighted by atomic mass is 32.2. The predicted molar refractivity (Wildman–Crippen MR) is 111 cm³/mol. The topological polar surface area (TPSA) is 106 Å². The summed E-state index contributed by atoms with van der Waals surface area (Å²) in [5, 5.41) is 14.2. The van der Waals surface area contributed by atoms with Crippen LogP contribution in [0.3, 0.4) is 0 Å². The van der Waals surface area contributed by atoms with Crippen LogP contribution in [0.4, 0.5) is 0 Å². The molecular formula is C21H24N4O4S. The van der Waals surface area contributed by atoms with E-state index in [1.54, 1.807) is 41.0 Å². The molecule has 3 aromatic rings. The van der Waals surface area contributed by atoms with Crippen molar-refractivity contribution in [3.8, 4) is 17.1 Å². The Kier molecular flexibility index (Phi) is 4.96. The van der Waals surface area contributed by atoms with Gasteiger partial charge in [0.25, 0.3) is 0 Å². The minimum atomic E-state index is -3.48. The van der Waals surface area contributed by atoms with Crippen molar-refractivity contribution >= 4 is 15.7 Å². The molecule has 2 fully saturated rings. The molecule has 2 heterocycles. The highest BCUT2D eigenvalue weighted by Crippen LogP contribution is 2.27. The quantitative estimate of drug-likeness (QED) is 0.625. The first-order valence-corrected chi connectivity index (χ1v) is 11.8. The molecular weight excluding hydrogens is 404 g/mol. The van der Waals surface area contributed by atoms with E-state index in [9.17, 15) is 13.5 Å². The molecule has 5 rings (SSSR count). The number of aliphatic hydroxyl groups excluding tert-OH is 1. The number of hydrogen-bond donors (Lipinski definition) is 2. The number of imidazole rings is 1. The zero-order valence-electron chi connectivity index (χ0n) is 16.4. The Morgan fingerprint density at radius 1 is 1.00 bits per heavy atom. The summed E-state index contributed by atoms with van der Waals surface area (Å²) in [6.07, 6.45) is 6.44. The second-order valence-corrected chi connectivity index (χ2v) is 9.77. The summed E-state index contributed by atoms with van der Waals surface area (Å²) in [7, 11) is -3.48.